The largest absolute Gasteiger partial charge is 0.580 e. The van der Waals surface area contributed by atoms with Crippen molar-refractivity contribution in [2.45, 2.75) is 26.4 Å². The Morgan fingerprint density at radius 3 is 2.29 bits per heavy atom. The molecule has 1 aromatic rings. The number of hydrogen-bond donors (Lipinski definition) is 0. The molecule has 4 heteroatoms. The molecular weight excluding hydrogens is 185 g/mol. The highest BCUT2D eigenvalue weighted by atomic mass is 19.1. The van der Waals surface area contributed by atoms with E-state index < -0.39 is 11.6 Å². The van der Waals surface area contributed by atoms with Crippen LogP contribution in [0.5, 0.6) is 5.75 Å². The molecule has 1 nitrogen and oxygen atoms in total. The third kappa shape index (κ3) is 2.47. The summed E-state index contributed by atoms with van der Waals surface area (Å²) in [5, 5.41) is 0. The summed E-state index contributed by atoms with van der Waals surface area (Å²) < 4.78 is 31.4. The van der Waals surface area contributed by atoms with Gasteiger partial charge in [0.25, 0.3) is 0 Å². The summed E-state index contributed by atoms with van der Waals surface area (Å²) >= 11 is 0. The average Bonchev–Trinajstić information content (AvgIpc) is 2.10. The molecule has 0 heterocycles. The van der Waals surface area contributed by atoms with Crippen LogP contribution in [-0.2, 0) is 0 Å². The minimum atomic E-state index is -0.761. The molecule has 0 bridgehead atoms. The van der Waals surface area contributed by atoms with Crippen LogP contribution in [-0.4, -0.2) is 14.0 Å². The number of rotatable bonds is 3. The van der Waals surface area contributed by atoms with Gasteiger partial charge >= 0.3 is 0 Å². The highest BCUT2D eigenvalue weighted by Crippen LogP contribution is 2.21. The van der Waals surface area contributed by atoms with Gasteiger partial charge in [-0.25, -0.2) is 8.78 Å². The van der Waals surface area contributed by atoms with Crippen LogP contribution in [0.25, 0.3) is 0 Å². The van der Waals surface area contributed by atoms with Crippen molar-refractivity contribution < 1.29 is 13.5 Å². The Labute approximate surface area is 83.5 Å². The lowest BCUT2D eigenvalue weighted by atomic mass is 9.96. The molecule has 1 aromatic carbocycles. The lowest BCUT2D eigenvalue weighted by Crippen LogP contribution is -2.14. The van der Waals surface area contributed by atoms with E-state index in [1.54, 1.807) is 6.92 Å². The normalized spacial score (nSPS) is 12.6. The first-order valence-corrected chi connectivity index (χ1v) is 4.45. The van der Waals surface area contributed by atoms with Crippen LogP contribution >= 0.6 is 0 Å². The van der Waals surface area contributed by atoms with Crippen LogP contribution in [0.2, 0.25) is 0 Å². The smallest absolute Gasteiger partial charge is 0.190 e. The van der Waals surface area contributed by atoms with Crippen molar-refractivity contribution in [3.8, 4) is 5.75 Å². The molecule has 3 radical (unpaired) electrons. The van der Waals surface area contributed by atoms with E-state index in [-0.39, 0.29) is 17.3 Å². The SMILES string of the molecule is [B-]c1cc(F)c(OC(C)CC)c(F)c1. The van der Waals surface area contributed by atoms with Crippen molar-refractivity contribution in [3.05, 3.63) is 23.8 Å². The molecule has 0 fully saturated rings. The third-order valence-corrected chi connectivity index (χ3v) is 1.91. The van der Waals surface area contributed by atoms with E-state index in [1.165, 1.54) is 0 Å². The van der Waals surface area contributed by atoms with E-state index in [1.807, 2.05) is 6.92 Å². The van der Waals surface area contributed by atoms with Crippen molar-refractivity contribution in [1.82, 2.24) is 0 Å². The summed E-state index contributed by atoms with van der Waals surface area (Å²) in [6.07, 6.45) is 0.464. The van der Waals surface area contributed by atoms with Gasteiger partial charge in [-0.1, -0.05) is 19.1 Å². The lowest BCUT2D eigenvalue weighted by Gasteiger charge is -2.16. The molecule has 0 amide bonds. The molecule has 1 rings (SSSR count). The number of hydrogen-bond acceptors (Lipinski definition) is 1. The fraction of sp³-hybridized carbons (Fsp3) is 0.400. The van der Waals surface area contributed by atoms with Gasteiger partial charge in [0.1, 0.15) is 0 Å². The Morgan fingerprint density at radius 2 is 1.86 bits per heavy atom. The second kappa shape index (κ2) is 4.44. The first-order chi connectivity index (χ1) is 6.54. The molecule has 0 aromatic heterocycles. The van der Waals surface area contributed by atoms with Crippen LogP contribution in [0.1, 0.15) is 20.3 Å². The highest BCUT2D eigenvalue weighted by Gasteiger charge is 2.11. The van der Waals surface area contributed by atoms with Gasteiger partial charge in [-0.3, -0.25) is 0 Å². The minimum Gasteiger partial charge on any atom is -0.580 e. The molecular formula is C10H11BF2O-. The third-order valence-electron chi connectivity index (χ3n) is 1.91. The maximum Gasteiger partial charge on any atom is 0.190 e. The van der Waals surface area contributed by atoms with Gasteiger partial charge < -0.3 is 18.0 Å². The van der Waals surface area contributed by atoms with E-state index in [2.05, 4.69) is 0 Å². The number of halogens is 2. The minimum absolute atomic E-state index is 0.0523. The van der Waals surface area contributed by atoms with Crippen molar-refractivity contribution in [1.29, 1.82) is 0 Å². The number of benzene rings is 1. The van der Waals surface area contributed by atoms with E-state index >= 15 is 0 Å². The predicted molar refractivity (Wildman–Crippen MR) is 52.1 cm³/mol. The molecule has 0 aliphatic heterocycles. The summed E-state index contributed by atoms with van der Waals surface area (Å²) in [7, 11) is 5.26. The van der Waals surface area contributed by atoms with Crippen LogP contribution < -0.4 is 10.2 Å². The van der Waals surface area contributed by atoms with Crippen molar-refractivity contribution in [2.75, 3.05) is 0 Å². The van der Waals surface area contributed by atoms with Crippen LogP contribution in [0.15, 0.2) is 12.1 Å². The molecule has 0 aliphatic rings. The molecule has 1 unspecified atom stereocenters. The fourth-order valence-electron chi connectivity index (χ4n) is 0.977. The fourth-order valence-corrected chi connectivity index (χ4v) is 0.977. The molecule has 0 spiro atoms. The van der Waals surface area contributed by atoms with E-state index in [4.69, 9.17) is 12.6 Å². The van der Waals surface area contributed by atoms with Gasteiger partial charge in [-0.2, -0.15) is 0 Å². The van der Waals surface area contributed by atoms with Crippen LogP contribution in [0.3, 0.4) is 0 Å². The Balaban J connectivity index is 2.96. The van der Waals surface area contributed by atoms with Gasteiger partial charge in [-0.15, -0.1) is 0 Å². The lowest BCUT2D eigenvalue weighted by molar-refractivity contribution is 0.198. The quantitative estimate of drug-likeness (QED) is 0.671. The van der Waals surface area contributed by atoms with Crippen molar-refractivity contribution in [3.63, 3.8) is 0 Å². The Morgan fingerprint density at radius 1 is 1.36 bits per heavy atom. The Bertz CT molecular complexity index is 305. The summed E-state index contributed by atoms with van der Waals surface area (Å²) in [6.45, 7) is 3.62. The molecule has 0 N–H and O–H groups in total. The summed E-state index contributed by atoms with van der Waals surface area (Å²) in [5.41, 5.74) is 0.0523. The zero-order valence-corrected chi connectivity index (χ0v) is 8.18. The highest BCUT2D eigenvalue weighted by molar-refractivity contribution is 6.32. The zero-order chi connectivity index (χ0) is 10.7. The molecule has 0 saturated carbocycles. The topological polar surface area (TPSA) is 9.23 Å². The molecule has 1 atom stereocenters. The zero-order valence-electron chi connectivity index (χ0n) is 8.18. The predicted octanol–water partition coefficient (Wildman–Crippen LogP) is 1.94. The molecule has 0 saturated heterocycles. The van der Waals surface area contributed by atoms with Crippen LogP contribution in [0.4, 0.5) is 8.78 Å². The molecule has 75 valence electrons. The summed E-state index contributed by atoms with van der Waals surface area (Å²) in [4.78, 5) is 0. The first-order valence-electron chi connectivity index (χ1n) is 4.45. The maximum absolute atomic E-state index is 13.2. The first kappa shape index (κ1) is 11.0. The van der Waals surface area contributed by atoms with E-state index in [0.717, 1.165) is 12.1 Å². The second-order valence-electron chi connectivity index (χ2n) is 3.15. The Kier molecular flexibility index (Phi) is 3.50. The van der Waals surface area contributed by atoms with E-state index in [9.17, 15) is 8.78 Å². The maximum atomic E-state index is 13.2. The molecule has 0 aliphatic carbocycles. The van der Waals surface area contributed by atoms with E-state index in [0.29, 0.717) is 6.42 Å². The van der Waals surface area contributed by atoms with Crippen molar-refractivity contribution >= 4 is 13.3 Å². The van der Waals surface area contributed by atoms with Gasteiger partial charge in [0.15, 0.2) is 17.4 Å². The van der Waals surface area contributed by atoms with Crippen LogP contribution in [0, 0.1) is 11.6 Å². The Hall–Kier alpha value is -1.06. The monoisotopic (exact) mass is 196 g/mol. The summed E-state index contributed by atoms with van der Waals surface area (Å²) in [6, 6.07) is 2.08. The molecule has 14 heavy (non-hydrogen) atoms. The van der Waals surface area contributed by atoms with Gasteiger partial charge in [0, 0.05) is 0 Å². The van der Waals surface area contributed by atoms with Gasteiger partial charge in [0.05, 0.1) is 6.10 Å². The van der Waals surface area contributed by atoms with Crippen molar-refractivity contribution in [2.24, 2.45) is 0 Å². The van der Waals surface area contributed by atoms with Gasteiger partial charge in [0.2, 0.25) is 0 Å². The van der Waals surface area contributed by atoms with Gasteiger partial charge in [-0.05, 0) is 13.3 Å². The standard InChI is InChI=1S/C10H11BF2O/c1-3-6(2)14-10-8(12)4-7(11)5-9(10)13/h4-6H,3H2,1-2H3/q-1. The second-order valence-corrected chi connectivity index (χ2v) is 3.15. The average molecular weight is 196 g/mol. The summed E-state index contributed by atoms with van der Waals surface area (Å²) in [5.74, 6) is -1.88. The number of ether oxygens (including phenoxy) is 1.